The summed E-state index contributed by atoms with van der Waals surface area (Å²) in [5.41, 5.74) is 1.23. The lowest BCUT2D eigenvalue weighted by Gasteiger charge is -2.06. The molecule has 0 bridgehead atoms. The van der Waals surface area contributed by atoms with Crippen molar-refractivity contribution < 1.29 is 9.13 Å². The summed E-state index contributed by atoms with van der Waals surface area (Å²) in [5, 5.41) is 0.633. The molecule has 94 valence electrons. The largest absolute Gasteiger partial charge is 0.372 e. The van der Waals surface area contributed by atoms with Crippen LogP contribution in [0.4, 0.5) is 4.39 Å². The molecule has 1 aromatic heterocycles. The first-order valence-electron chi connectivity index (χ1n) is 5.29. The molecule has 0 aliphatic carbocycles. The van der Waals surface area contributed by atoms with Crippen LogP contribution in [0.25, 0.3) is 0 Å². The fraction of sp³-hybridized carbons (Fsp3) is 0.154. The van der Waals surface area contributed by atoms with Crippen LogP contribution in [0.3, 0.4) is 0 Å². The lowest BCUT2D eigenvalue weighted by Crippen LogP contribution is -1.98. The van der Waals surface area contributed by atoms with Gasteiger partial charge in [-0.1, -0.05) is 47.5 Å². The van der Waals surface area contributed by atoms with Gasteiger partial charge in [-0.15, -0.1) is 0 Å². The first-order valence-corrected chi connectivity index (χ1v) is 6.04. The van der Waals surface area contributed by atoms with Crippen molar-refractivity contribution in [1.82, 2.24) is 4.98 Å². The van der Waals surface area contributed by atoms with E-state index in [0.29, 0.717) is 15.9 Å². The summed E-state index contributed by atoms with van der Waals surface area (Å²) in [4.78, 5) is 3.89. The Hall–Kier alpha value is -1.16. The van der Waals surface area contributed by atoms with Crippen molar-refractivity contribution in [1.29, 1.82) is 0 Å². The Bertz CT molecular complexity index is 548. The maximum atomic E-state index is 13.3. The highest BCUT2D eigenvalue weighted by atomic mass is 35.5. The molecule has 2 rings (SSSR count). The van der Waals surface area contributed by atoms with Gasteiger partial charge in [0.2, 0.25) is 0 Å². The van der Waals surface area contributed by atoms with Gasteiger partial charge in [-0.2, -0.15) is 0 Å². The van der Waals surface area contributed by atoms with E-state index in [9.17, 15) is 4.39 Å². The smallest absolute Gasteiger partial charge is 0.136 e. The number of rotatable bonds is 4. The molecule has 0 aliphatic rings. The molecular formula is C13H10Cl2FNO. The van der Waals surface area contributed by atoms with E-state index in [2.05, 4.69) is 4.98 Å². The van der Waals surface area contributed by atoms with Crippen LogP contribution in [0.5, 0.6) is 0 Å². The van der Waals surface area contributed by atoms with Crippen molar-refractivity contribution in [2.75, 3.05) is 0 Å². The topological polar surface area (TPSA) is 22.1 Å². The lowest BCUT2D eigenvalue weighted by atomic mass is 10.2. The third-order valence-electron chi connectivity index (χ3n) is 2.36. The minimum absolute atomic E-state index is 0.186. The van der Waals surface area contributed by atoms with E-state index >= 15 is 0 Å². The molecule has 1 heterocycles. The number of hydrogen-bond acceptors (Lipinski definition) is 2. The zero-order valence-electron chi connectivity index (χ0n) is 9.37. The van der Waals surface area contributed by atoms with E-state index in [0.717, 1.165) is 5.56 Å². The maximum absolute atomic E-state index is 13.3. The molecule has 18 heavy (non-hydrogen) atoms. The monoisotopic (exact) mass is 285 g/mol. The van der Waals surface area contributed by atoms with Crippen LogP contribution in [0, 0.1) is 5.82 Å². The van der Waals surface area contributed by atoms with E-state index in [1.807, 2.05) is 0 Å². The molecule has 1 aromatic carbocycles. The Morgan fingerprint density at radius 3 is 2.44 bits per heavy atom. The highest BCUT2D eigenvalue weighted by molar-refractivity contribution is 6.32. The standard InChI is InChI=1S/C13H10Cl2FNO/c14-12-6-5-10(13(15)17-12)8-18-7-9-3-1-2-4-11(9)16/h1-6H,7-8H2. The summed E-state index contributed by atoms with van der Waals surface area (Å²) < 4.78 is 18.7. The molecule has 0 radical (unpaired) electrons. The second kappa shape index (κ2) is 6.14. The molecule has 0 spiro atoms. The van der Waals surface area contributed by atoms with Crippen molar-refractivity contribution in [2.45, 2.75) is 13.2 Å². The molecule has 0 amide bonds. The number of nitrogens with zero attached hydrogens (tertiary/aromatic N) is 1. The van der Waals surface area contributed by atoms with E-state index in [1.54, 1.807) is 30.3 Å². The van der Waals surface area contributed by atoms with Crippen LogP contribution in [0.2, 0.25) is 10.3 Å². The predicted octanol–water partition coefficient (Wildman–Crippen LogP) is 4.24. The summed E-state index contributed by atoms with van der Waals surface area (Å²) in [6.45, 7) is 0.447. The third-order valence-corrected chi connectivity index (χ3v) is 2.90. The molecule has 0 unspecified atom stereocenters. The summed E-state index contributed by atoms with van der Waals surface area (Å²) in [5.74, 6) is -0.280. The summed E-state index contributed by atoms with van der Waals surface area (Å²) in [6.07, 6.45) is 0. The Morgan fingerprint density at radius 1 is 1.00 bits per heavy atom. The summed E-state index contributed by atoms with van der Waals surface area (Å²) >= 11 is 11.6. The fourth-order valence-electron chi connectivity index (χ4n) is 1.44. The van der Waals surface area contributed by atoms with Gasteiger partial charge in [0.1, 0.15) is 16.1 Å². The van der Waals surface area contributed by atoms with Gasteiger partial charge in [0.25, 0.3) is 0 Å². The van der Waals surface area contributed by atoms with Crippen molar-refractivity contribution >= 4 is 23.2 Å². The van der Waals surface area contributed by atoms with Gasteiger partial charge < -0.3 is 4.74 Å². The second-order valence-electron chi connectivity index (χ2n) is 3.67. The third kappa shape index (κ3) is 3.42. The van der Waals surface area contributed by atoms with Crippen molar-refractivity contribution in [3.63, 3.8) is 0 Å². The number of benzene rings is 1. The number of hydrogen-bond donors (Lipinski definition) is 0. The average Bonchev–Trinajstić information content (AvgIpc) is 2.34. The Morgan fingerprint density at radius 2 is 1.72 bits per heavy atom. The van der Waals surface area contributed by atoms with Gasteiger partial charge in [0.15, 0.2) is 0 Å². The zero-order valence-corrected chi connectivity index (χ0v) is 10.9. The van der Waals surface area contributed by atoms with Crippen LogP contribution in [0.15, 0.2) is 36.4 Å². The minimum Gasteiger partial charge on any atom is -0.372 e. The Balaban J connectivity index is 1.95. The molecule has 2 nitrogen and oxygen atoms in total. The number of pyridine rings is 1. The number of ether oxygens (including phenoxy) is 1. The van der Waals surface area contributed by atoms with Gasteiger partial charge in [-0.05, 0) is 12.1 Å². The molecule has 0 saturated carbocycles. The lowest BCUT2D eigenvalue weighted by molar-refractivity contribution is 0.104. The molecule has 0 aliphatic heterocycles. The van der Waals surface area contributed by atoms with E-state index in [4.69, 9.17) is 27.9 Å². The average molecular weight is 286 g/mol. The van der Waals surface area contributed by atoms with Crippen LogP contribution in [-0.4, -0.2) is 4.98 Å². The van der Waals surface area contributed by atoms with Gasteiger partial charge >= 0.3 is 0 Å². The normalized spacial score (nSPS) is 10.6. The Kier molecular flexibility index (Phi) is 4.53. The first kappa shape index (κ1) is 13.3. The molecule has 0 fully saturated rings. The molecule has 0 N–H and O–H groups in total. The zero-order chi connectivity index (χ0) is 13.0. The predicted molar refractivity (Wildman–Crippen MR) is 69.2 cm³/mol. The number of halogens is 3. The van der Waals surface area contributed by atoms with E-state index in [-0.39, 0.29) is 19.0 Å². The molecular weight excluding hydrogens is 276 g/mol. The number of aromatic nitrogens is 1. The van der Waals surface area contributed by atoms with Crippen LogP contribution < -0.4 is 0 Å². The van der Waals surface area contributed by atoms with Crippen LogP contribution >= 0.6 is 23.2 Å². The summed E-state index contributed by atoms with van der Waals surface area (Å²) in [6, 6.07) is 9.85. The molecule has 2 aromatic rings. The van der Waals surface area contributed by atoms with Gasteiger partial charge in [-0.3, -0.25) is 0 Å². The van der Waals surface area contributed by atoms with Crippen LogP contribution in [0.1, 0.15) is 11.1 Å². The molecule has 0 atom stereocenters. The summed E-state index contributed by atoms with van der Waals surface area (Å²) in [7, 11) is 0. The van der Waals surface area contributed by atoms with E-state index < -0.39 is 0 Å². The van der Waals surface area contributed by atoms with Crippen molar-refractivity contribution in [2.24, 2.45) is 0 Å². The van der Waals surface area contributed by atoms with Crippen molar-refractivity contribution in [3.8, 4) is 0 Å². The molecule has 0 saturated heterocycles. The highest BCUT2D eigenvalue weighted by Gasteiger charge is 2.04. The van der Waals surface area contributed by atoms with Crippen molar-refractivity contribution in [3.05, 3.63) is 63.6 Å². The Labute approximate surface area is 114 Å². The fourth-order valence-corrected chi connectivity index (χ4v) is 1.83. The highest BCUT2D eigenvalue weighted by Crippen LogP contribution is 2.18. The quantitative estimate of drug-likeness (QED) is 0.784. The van der Waals surface area contributed by atoms with Crippen LogP contribution in [-0.2, 0) is 18.0 Å². The first-order chi connectivity index (χ1) is 8.66. The molecule has 5 heteroatoms. The van der Waals surface area contributed by atoms with Gasteiger partial charge in [-0.25, -0.2) is 9.37 Å². The minimum atomic E-state index is -0.280. The maximum Gasteiger partial charge on any atom is 0.136 e. The second-order valence-corrected chi connectivity index (χ2v) is 4.41. The van der Waals surface area contributed by atoms with E-state index in [1.165, 1.54) is 6.07 Å². The van der Waals surface area contributed by atoms with Gasteiger partial charge in [0, 0.05) is 11.1 Å². The SMILES string of the molecule is Fc1ccccc1COCc1ccc(Cl)nc1Cl. The van der Waals surface area contributed by atoms with Gasteiger partial charge in [0.05, 0.1) is 13.2 Å².